The number of nitrogens with zero attached hydrogens (tertiary/aromatic N) is 2. The van der Waals surface area contributed by atoms with E-state index in [9.17, 15) is 5.26 Å². The van der Waals surface area contributed by atoms with Crippen molar-refractivity contribution < 1.29 is 0 Å². The van der Waals surface area contributed by atoms with Crippen molar-refractivity contribution in [3.05, 3.63) is 212 Å². The van der Waals surface area contributed by atoms with Gasteiger partial charge in [0.1, 0.15) is 0 Å². The van der Waals surface area contributed by atoms with E-state index in [0.29, 0.717) is 5.56 Å². The first-order chi connectivity index (χ1) is 27.2. The summed E-state index contributed by atoms with van der Waals surface area (Å²) in [4.78, 5) is 2.25. The van der Waals surface area contributed by atoms with Crippen molar-refractivity contribution in [1.29, 1.82) is 5.26 Å². The average Bonchev–Trinajstić information content (AvgIpc) is 3.26. The average molecular weight is 699 g/mol. The van der Waals surface area contributed by atoms with Crippen LogP contribution in [0.3, 0.4) is 0 Å². The standard InChI is InChI=1S/C53H34N2/c54-35-36-20-29-43(30-21-36)55(45-33-28-37-10-1-2-12-42(37)34-45)44-31-26-39(27-32-44)38-22-24-41(25-23-38)52-48-15-5-7-17-50(48)53(51-18-8-6-16-49(51)52)47-19-9-13-40-11-3-4-14-46(40)47/h1-34H. The molecule has 0 radical (unpaired) electrons. The first-order valence-electron chi connectivity index (χ1n) is 18.6. The Kier molecular flexibility index (Phi) is 7.90. The zero-order valence-electron chi connectivity index (χ0n) is 30.0. The van der Waals surface area contributed by atoms with Gasteiger partial charge in [0, 0.05) is 17.1 Å². The van der Waals surface area contributed by atoms with Gasteiger partial charge in [-0.05, 0) is 125 Å². The van der Waals surface area contributed by atoms with E-state index in [1.54, 1.807) is 0 Å². The lowest BCUT2D eigenvalue weighted by Crippen LogP contribution is -2.09. The fourth-order valence-corrected chi connectivity index (χ4v) is 8.25. The van der Waals surface area contributed by atoms with Crippen LogP contribution < -0.4 is 4.90 Å². The van der Waals surface area contributed by atoms with Gasteiger partial charge in [0.25, 0.3) is 0 Å². The van der Waals surface area contributed by atoms with E-state index in [1.165, 1.54) is 65.3 Å². The van der Waals surface area contributed by atoms with Crippen LogP contribution in [0.25, 0.3) is 76.5 Å². The molecule has 0 saturated heterocycles. The van der Waals surface area contributed by atoms with Gasteiger partial charge in [-0.2, -0.15) is 5.26 Å². The van der Waals surface area contributed by atoms with Crippen LogP contribution in [0.4, 0.5) is 17.1 Å². The topological polar surface area (TPSA) is 27.0 Å². The molecule has 0 saturated carbocycles. The van der Waals surface area contributed by atoms with Gasteiger partial charge in [0.05, 0.1) is 11.6 Å². The molecule has 0 spiro atoms. The van der Waals surface area contributed by atoms with E-state index < -0.39 is 0 Å². The van der Waals surface area contributed by atoms with E-state index in [0.717, 1.165) is 28.2 Å². The van der Waals surface area contributed by atoms with Crippen molar-refractivity contribution in [3.8, 4) is 39.4 Å². The van der Waals surface area contributed by atoms with Crippen LogP contribution in [0.1, 0.15) is 5.56 Å². The molecule has 256 valence electrons. The molecule has 0 aliphatic rings. The minimum atomic E-state index is 0.641. The second kappa shape index (κ2) is 13.5. The normalized spacial score (nSPS) is 11.3. The van der Waals surface area contributed by atoms with Crippen LogP contribution in [0.15, 0.2) is 206 Å². The molecule has 0 aromatic heterocycles. The van der Waals surface area contributed by atoms with Crippen molar-refractivity contribution in [2.75, 3.05) is 4.90 Å². The summed E-state index contributed by atoms with van der Waals surface area (Å²) in [7, 11) is 0. The molecule has 10 aromatic rings. The van der Waals surface area contributed by atoms with Gasteiger partial charge >= 0.3 is 0 Å². The Morgan fingerprint density at radius 1 is 0.327 bits per heavy atom. The highest BCUT2D eigenvalue weighted by atomic mass is 15.1. The number of anilines is 3. The van der Waals surface area contributed by atoms with Gasteiger partial charge in [-0.3, -0.25) is 0 Å². The maximum atomic E-state index is 9.46. The smallest absolute Gasteiger partial charge is 0.0991 e. The molecular weight excluding hydrogens is 665 g/mol. The summed E-state index contributed by atoms with van der Waals surface area (Å²) in [5.41, 5.74) is 11.0. The molecule has 0 unspecified atom stereocenters. The molecule has 0 fully saturated rings. The third-order valence-corrected chi connectivity index (χ3v) is 10.9. The quantitative estimate of drug-likeness (QED) is 0.162. The molecule has 0 amide bonds. The van der Waals surface area contributed by atoms with Crippen molar-refractivity contribution >= 4 is 60.2 Å². The molecule has 0 heterocycles. The van der Waals surface area contributed by atoms with Crippen molar-refractivity contribution in [2.24, 2.45) is 0 Å². The molecule has 0 aliphatic carbocycles. The highest BCUT2D eigenvalue weighted by Crippen LogP contribution is 2.45. The molecule has 0 bridgehead atoms. The van der Waals surface area contributed by atoms with E-state index >= 15 is 0 Å². The summed E-state index contributed by atoms with van der Waals surface area (Å²) < 4.78 is 0. The highest BCUT2D eigenvalue weighted by Gasteiger charge is 2.18. The fraction of sp³-hybridized carbons (Fsp3) is 0. The number of hydrogen-bond acceptors (Lipinski definition) is 2. The van der Waals surface area contributed by atoms with E-state index in [2.05, 4.69) is 193 Å². The number of nitriles is 1. The Balaban J connectivity index is 1.05. The number of fused-ring (bicyclic) bond motifs is 4. The first-order valence-corrected chi connectivity index (χ1v) is 18.6. The summed E-state index contributed by atoms with van der Waals surface area (Å²) in [6, 6.07) is 75.9. The van der Waals surface area contributed by atoms with Crippen LogP contribution in [-0.4, -0.2) is 0 Å². The fourth-order valence-electron chi connectivity index (χ4n) is 8.25. The minimum absolute atomic E-state index is 0.641. The van der Waals surface area contributed by atoms with Crippen molar-refractivity contribution in [1.82, 2.24) is 0 Å². The number of rotatable bonds is 6. The Bertz CT molecular complexity index is 3020. The Labute approximate surface area is 320 Å². The van der Waals surface area contributed by atoms with E-state index in [4.69, 9.17) is 0 Å². The maximum absolute atomic E-state index is 9.46. The lowest BCUT2D eigenvalue weighted by atomic mass is 9.84. The van der Waals surface area contributed by atoms with Gasteiger partial charge in [-0.1, -0.05) is 158 Å². The van der Waals surface area contributed by atoms with Crippen LogP contribution in [-0.2, 0) is 0 Å². The molecule has 0 N–H and O–H groups in total. The Morgan fingerprint density at radius 3 is 1.40 bits per heavy atom. The summed E-state index contributed by atoms with van der Waals surface area (Å²) in [5.74, 6) is 0. The molecule has 55 heavy (non-hydrogen) atoms. The Hall–Kier alpha value is -7.47. The number of benzene rings is 10. The molecular formula is C53H34N2. The molecule has 2 nitrogen and oxygen atoms in total. The summed E-state index contributed by atoms with van der Waals surface area (Å²) in [6.45, 7) is 0. The van der Waals surface area contributed by atoms with Gasteiger partial charge in [-0.25, -0.2) is 0 Å². The second-order valence-electron chi connectivity index (χ2n) is 14.0. The lowest BCUT2D eigenvalue weighted by Gasteiger charge is -2.26. The van der Waals surface area contributed by atoms with E-state index in [1.807, 2.05) is 24.3 Å². The van der Waals surface area contributed by atoms with Gasteiger partial charge in [0.15, 0.2) is 0 Å². The van der Waals surface area contributed by atoms with Crippen LogP contribution >= 0.6 is 0 Å². The van der Waals surface area contributed by atoms with Gasteiger partial charge in [-0.15, -0.1) is 0 Å². The number of hydrogen-bond donors (Lipinski definition) is 0. The molecule has 2 heteroatoms. The minimum Gasteiger partial charge on any atom is -0.310 e. The van der Waals surface area contributed by atoms with Crippen LogP contribution in [0, 0.1) is 11.3 Å². The van der Waals surface area contributed by atoms with Crippen LogP contribution in [0.5, 0.6) is 0 Å². The molecule has 0 atom stereocenters. The van der Waals surface area contributed by atoms with Gasteiger partial charge < -0.3 is 4.90 Å². The third kappa shape index (κ3) is 5.67. The van der Waals surface area contributed by atoms with Crippen molar-refractivity contribution in [2.45, 2.75) is 0 Å². The summed E-state index contributed by atoms with van der Waals surface area (Å²) in [6.07, 6.45) is 0. The third-order valence-electron chi connectivity index (χ3n) is 10.9. The first kappa shape index (κ1) is 32.2. The maximum Gasteiger partial charge on any atom is 0.0991 e. The summed E-state index contributed by atoms with van der Waals surface area (Å²) in [5, 5.41) is 19.4. The zero-order chi connectivity index (χ0) is 36.7. The highest BCUT2D eigenvalue weighted by molar-refractivity contribution is 6.23. The molecule has 10 aromatic carbocycles. The predicted octanol–water partition coefficient (Wildman–Crippen LogP) is 14.6. The van der Waals surface area contributed by atoms with E-state index in [-0.39, 0.29) is 0 Å². The SMILES string of the molecule is N#Cc1ccc(N(c2ccc(-c3ccc(-c4c5ccccc5c(-c5cccc6ccccc56)c5ccccc45)cc3)cc2)c2ccc3ccccc3c2)cc1. The summed E-state index contributed by atoms with van der Waals surface area (Å²) >= 11 is 0. The predicted molar refractivity (Wildman–Crippen MR) is 232 cm³/mol. The Morgan fingerprint density at radius 2 is 0.782 bits per heavy atom. The molecule has 0 aliphatic heterocycles. The molecule has 10 rings (SSSR count). The monoisotopic (exact) mass is 698 g/mol. The van der Waals surface area contributed by atoms with Gasteiger partial charge in [0.2, 0.25) is 0 Å². The largest absolute Gasteiger partial charge is 0.310 e. The second-order valence-corrected chi connectivity index (χ2v) is 14.0. The van der Waals surface area contributed by atoms with Crippen LogP contribution in [0.2, 0.25) is 0 Å². The van der Waals surface area contributed by atoms with Crippen molar-refractivity contribution in [3.63, 3.8) is 0 Å². The zero-order valence-corrected chi connectivity index (χ0v) is 30.0. The lowest BCUT2D eigenvalue weighted by molar-refractivity contribution is 1.29.